The topological polar surface area (TPSA) is 115 Å². The van der Waals surface area contributed by atoms with Gasteiger partial charge in [0.1, 0.15) is 11.5 Å². The Labute approximate surface area is 243 Å². The van der Waals surface area contributed by atoms with Crippen molar-refractivity contribution >= 4 is 40.8 Å². The second kappa shape index (κ2) is 13.5. The van der Waals surface area contributed by atoms with Crippen LogP contribution in [-0.2, 0) is 20.7 Å². The van der Waals surface area contributed by atoms with Crippen molar-refractivity contribution in [1.82, 2.24) is 4.90 Å². The molecule has 10 nitrogen and oxygen atoms in total. The number of halogens is 1. The van der Waals surface area contributed by atoms with Crippen molar-refractivity contribution in [2.75, 3.05) is 45.1 Å². The first-order chi connectivity index (χ1) is 19.8. The van der Waals surface area contributed by atoms with Crippen LogP contribution in [0, 0.1) is 0 Å². The molecule has 0 aliphatic carbocycles. The Morgan fingerprint density at radius 1 is 0.902 bits per heavy atom. The summed E-state index contributed by atoms with van der Waals surface area (Å²) in [5, 5.41) is 5.85. The summed E-state index contributed by atoms with van der Waals surface area (Å²) in [6.45, 7) is 1.24. The molecule has 1 aliphatic heterocycles. The molecule has 1 fully saturated rings. The minimum absolute atomic E-state index is 0.0347. The monoisotopic (exact) mass is 581 g/mol. The van der Waals surface area contributed by atoms with Gasteiger partial charge in [-0.1, -0.05) is 29.8 Å². The van der Waals surface area contributed by atoms with E-state index in [1.54, 1.807) is 66.7 Å². The lowest BCUT2D eigenvalue weighted by atomic mass is 10.0. The number of Topliss-reactive ketones (excluding diaryl/α,β-unsaturated/α-hetero) is 1. The lowest BCUT2D eigenvalue weighted by molar-refractivity contribution is -0.242. The van der Waals surface area contributed by atoms with Crippen LogP contribution in [0.5, 0.6) is 11.5 Å². The van der Waals surface area contributed by atoms with Crippen molar-refractivity contribution in [3.8, 4) is 11.5 Å². The van der Waals surface area contributed by atoms with Crippen molar-refractivity contribution < 1.29 is 33.3 Å². The fourth-order valence-corrected chi connectivity index (χ4v) is 4.80. The van der Waals surface area contributed by atoms with E-state index in [2.05, 4.69) is 10.6 Å². The van der Waals surface area contributed by atoms with Crippen LogP contribution in [0.15, 0.2) is 66.7 Å². The third-order valence-corrected chi connectivity index (χ3v) is 7.01. The maximum atomic E-state index is 13.9. The molecule has 1 unspecified atom stereocenters. The van der Waals surface area contributed by atoms with Crippen LogP contribution >= 0.6 is 11.6 Å². The number of hydrogen-bond acceptors (Lipinski definition) is 8. The van der Waals surface area contributed by atoms with E-state index < -0.39 is 17.9 Å². The van der Waals surface area contributed by atoms with Gasteiger partial charge in [-0.05, 0) is 66.9 Å². The van der Waals surface area contributed by atoms with Gasteiger partial charge < -0.3 is 29.6 Å². The lowest BCUT2D eigenvalue weighted by Gasteiger charge is -2.38. The number of anilines is 2. The lowest BCUT2D eigenvalue weighted by Crippen LogP contribution is -2.60. The predicted molar refractivity (Wildman–Crippen MR) is 155 cm³/mol. The Bertz CT molecular complexity index is 1390. The van der Waals surface area contributed by atoms with Crippen LogP contribution in [0.1, 0.15) is 28.8 Å². The number of nitrogens with one attached hydrogen (secondary N) is 2. The Morgan fingerprint density at radius 3 is 2.22 bits per heavy atom. The van der Waals surface area contributed by atoms with Crippen LogP contribution in [0.25, 0.3) is 0 Å². The Morgan fingerprint density at radius 2 is 1.59 bits per heavy atom. The molecular weight excluding hydrogens is 550 g/mol. The number of ketones is 1. The Balaban J connectivity index is 1.53. The normalized spacial score (nSPS) is 14.5. The minimum atomic E-state index is -1.68. The first kappa shape index (κ1) is 29.9. The van der Waals surface area contributed by atoms with E-state index in [1.165, 1.54) is 21.3 Å². The maximum Gasteiger partial charge on any atom is 0.337 e. The number of carbonyl (C=O) groups excluding carboxylic acids is 3. The van der Waals surface area contributed by atoms with Crippen molar-refractivity contribution in [2.24, 2.45) is 0 Å². The SMILES string of the molecule is COC(=O)c1ccc(OC(OC)(C(=O)Cc2ccc(NC(=O)Nc3ccccc3Cl)c(OC)c2)N2CCCC2)cc1. The van der Waals surface area contributed by atoms with Crippen LogP contribution in [0.2, 0.25) is 5.02 Å². The third kappa shape index (κ3) is 6.97. The van der Waals surface area contributed by atoms with Gasteiger partial charge in [0.15, 0.2) is 0 Å². The molecule has 4 rings (SSSR count). The van der Waals surface area contributed by atoms with E-state index in [0.29, 0.717) is 52.1 Å². The summed E-state index contributed by atoms with van der Waals surface area (Å²) >= 11 is 6.13. The Hall–Kier alpha value is -4.12. The average molecular weight is 582 g/mol. The number of para-hydroxylation sites is 1. The number of likely N-dealkylation sites (tertiary alicyclic amines) is 1. The van der Waals surface area contributed by atoms with Gasteiger partial charge in [-0.25, -0.2) is 14.5 Å². The first-order valence-corrected chi connectivity index (χ1v) is 13.4. The molecule has 11 heteroatoms. The summed E-state index contributed by atoms with van der Waals surface area (Å²) in [6, 6.07) is 17.8. The van der Waals surface area contributed by atoms with Gasteiger partial charge in [-0.3, -0.25) is 4.79 Å². The highest BCUT2D eigenvalue weighted by atomic mass is 35.5. The number of ether oxygens (including phenoxy) is 4. The summed E-state index contributed by atoms with van der Waals surface area (Å²) in [5.74, 6) is -1.74. The van der Waals surface area contributed by atoms with Gasteiger partial charge in [-0.2, -0.15) is 0 Å². The predicted octanol–water partition coefficient (Wildman–Crippen LogP) is 5.37. The van der Waals surface area contributed by atoms with Gasteiger partial charge in [-0.15, -0.1) is 0 Å². The van der Waals surface area contributed by atoms with Gasteiger partial charge in [0.05, 0.1) is 36.2 Å². The number of rotatable bonds is 11. The third-order valence-electron chi connectivity index (χ3n) is 6.68. The van der Waals surface area contributed by atoms with Crippen molar-refractivity contribution in [3.63, 3.8) is 0 Å². The standard InChI is InChI=1S/C30H32ClN3O7/c1-38-26-18-20(10-15-25(26)33-29(37)32-24-9-5-4-8-23(24)31)19-27(35)30(40-3,34-16-6-7-17-34)41-22-13-11-21(12-14-22)28(36)39-2/h4-5,8-15,18H,6-7,16-17,19H2,1-3H3,(H2,32,33,37). The summed E-state index contributed by atoms with van der Waals surface area (Å²) < 4.78 is 22.3. The molecule has 0 radical (unpaired) electrons. The highest BCUT2D eigenvalue weighted by Gasteiger charge is 2.48. The molecule has 3 aromatic carbocycles. The van der Waals surface area contributed by atoms with Crippen molar-refractivity contribution in [1.29, 1.82) is 0 Å². The van der Waals surface area contributed by atoms with E-state index in [9.17, 15) is 14.4 Å². The molecule has 1 heterocycles. The zero-order valence-electron chi connectivity index (χ0n) is 23.1. The van der Waals surface area contributed by atoms with Crippen molar-refractivity contribution in [3.05, 3.63) is 82.9 Å². The van der Waals surface area contributed by atoms with E-state index in [0.717, 1.165) is 12.8 Å². The fourth-order valence-electron chi connectivity index (χ4n) is 4.61. The zero-order valence-corrected chi connectivity index (χ0v) is 23.8. The van der Waals surface area contributed by atoms with Crippen LogP contribution in [0.4, 0.5) is 16.2 Å². The molecule has 1 aliphatic rings. The number of esters is 1. The largest absolute Gasteiger partial charge is 0.495 e. The molecule has 3 aromatic rings. The average Bonchev–Trinajstić information content (AvgIpc) is 3.53. The second-order valence-electron chi connectivity index (χ2n) is 9.29. The van der Waals surface area contributed by atoms with E-state index in [4.69, 9.17) is 30.5 Å². The number of amides is 2. The molecule has 0 bridgehead atoms. The highest BCUT2D eigenvalue weighted by molar-refractivity contribution is 6.33. The Kier molecular flexibility index (Phi) is 9.82. The zero-order chi connectivity index (χ0) is 29.4. The number of urea groups is 1. The van der Waals surface area contributed by atoms with Gasteiger partial charge in [0.25, 0.3) is 0 Å². The smallest absolute Gasteiger partial charge is 0.337 e. The quantitative estimate of drug-likeness (QED) is 0.229. The number of methoxy groups -OCH3 is 3. The summed E-state index contributed by atoms with van der Waals surface area (Å²) in [4.78, 5) is 40.1. The van der Waals surface area contributed by atoms with E-state index in [-0.39, 0.29) is 12.2 Å². The number of benzene rings is 3. The van der Waals surface area contributed by atoms with Gasteiger partial charge in [0.2, 0.25) is 5.78 Å². The van der Waals surface area contributed by atoms with Crippen molar-refractivity contribution in [2.45, 2.75) is 25.2 Å². The van der Waals surface area contributed by atoms with Gasteiger partial charge >= 0.3 is 17.9 Å². The number of nitrogens with zero attached hydrogens (tertiary/aromatic N) is 1. The number of hydrogen-bond donors (Lipinski definition) is 2. The minimum Gasteiger partial charge on any atom is -0.495 e. The molecular formula is C30H32ClN3O7. The maximum absolute atomic E-state index is 13.9. The molecule has 0 saturated carbocycles. The second-order valence-corrected chi connectivity index (χ2v) is 9.70. The molecule has 0 spiro atoms. The molecule has 1 atom stereocenters. The fraction of sp³-hybridized carbons (Fsp3) is 0.300. The van der Waals surface area contributed by atoms with E-state index in [1.807, 2.05) is 4.90 Å². The molecule has 0 aromatic heterocycles. The molecule has 216 valence electrons. The van der Waals surface area contributed by atoms with Gasteiger partial charge in [0, 0.05) is 26.6 Å². The summed E-state index contributed by atoms with van der Waals surface area (Å²) in [6.07, 6.45) is 1.76. The number of carbonyl (C=O) groups is 3. The van der Waals surface area contributed by atoms with Crippen LogP contribution in [-0.4, -0.2) is 63.0 Å². The molecule has 1 saturated heterocycles. The molecule has 2 N–H and O–H groups in total. The van der Waals surface area contributed by atoms with E-state index >= 15 is 0 Å². The van der Waals surface area contributed by atoms with Crippen LogP contribution in [0.3, 0.4) is 0 Å². The van der Waals surface area contributed by atoms with Crippen LogP contribution < -0.4 is 20.1 Å². The first-order valence-electron chi connectivity index (χ1n) is 13.0. The molecule has 2 amide bonds. The molecule has 41 heavy (non-hydrogen) atoms. The summed E-state index contributed by atoms with van der Waals surface area (Å²) in [7, 11) is 4.22. The summed E-state index contributed by atoms with van der Waals surface area (Å²) in [5.41, 5.74) is 1.87. The highest BCUT2D eigenvalue weighted by Crippen LogP contribution is 2.31.